The van der Waals surface area contributed by atoms with Crippen molar-refractivity contribution in [2.24, 2.45) is 0 Å². The van der Waals surface area contributed by atoms with E-state index in [2.05, 4.69) is 65.1 Å². The van der Waals surface area contributed by atoms with Gasteiger partial charge < -0.3 is 19.6 Å². The van der Waals surface area contributed by atoms with Crippen LogP contribution in [0.15, 0.2) is 55.1 Å². The molecule has 0 saturated carbocycles. The Morgan fingerprint density at radius 1 is 0.978 bits per heavy atom. The maximum absolute atomic E-state index is 14.2. The highest BCUT2D eigenvalue weighted by Gasteiger charge is 2.35. The fourth-order valence-electron chi connectivity index (χ4n) is 7.54. The summed E-state index contributed by atoms with van der Waals surface area (Å²) in [6, 6.07) is 14.9. The minimum absolute atomic E-state index is 0.0285. The van der Waals surface area contributed by atoms with E-state index in [1.165, 1.54) is 33.7 Å². The summed E-state index contributed by atoms with van der Waals surface area (Å²) in [5.74, 6) is -0.0593. The van der Waals surface area contributed by atoms with E-state index < -0.39 is 0 Å². The summed E-state index contributed by atoms with van der Waals surface area (Å²) in [5, 5.41) is 4.42. The Labute approximate surface area is 264 Å². The molecule has 45 heavy (non-hydrogen) atoms. The van der Waals surface area contributed by atoms with E-state index in [0.29, 0.717) is 64.5 Å². The number of fused-ring (bicyclic) bond motifs is 2. The van der Waals surface area contributed by atoms with Crippen LogP contribution in [0.1, 0.15) is 46.6 Å². The highest BCUT2D eigenvalue weighted by Crippen LogP contribution is 2.36. The first kappa shape index (κ1) is 29.3. The Morgan fingerprint density at radius 3 is 2.53 bits per heavy atom. The molecule has 10 heteroatoms. The summed E-state index contributed by atoms with van der Waals surface area (Å²) < 4.78 is 0. The summed E-state index contributed by atoms with van der Waals surface area (Å²) >= 11 is 0. The van der Waals surface area contributed by atoms with Crippen molar-refractivity contribution in [3.8, 4) is 0 Å². The van der Waals surface area contributed by atoms with Gasteiger partial charge in [-0.1, -0.05) is 36.9 Å². The normalized spacial score (nSPS) is 20.5. The predicted molar refractivity (Wildman–Crippen MR) is 175 cm³/mol. The monoisotopic (exact) mass is 607 g/mol. The summed E-state index contributed by atoms with van der Waals surface area (Å²) in [7, 11) is 0. The van der Waals surface area contributed by atoms with Crippen LogP contribution in [0.3, 0.4) is 0 Å². The third kappa shape index (κ3) is 5.63. The number of aromatic nitrogens is 1. The number of nitrogens with one attached hydrogen (secondary N) is 1. The molecule has 4 aliphatic heterocycles. The highest BCUT2D eigenvalue weighted by molar-refractivity contribution is 5.97. The van der Waals surface area contributed by atoms with Crippen molar-refractivity contribution in [3.63, 3.8) is 0 Å². The number of carbonyl (C=O) groups is 3. The molecule has 1 N–H and O–H groups in total. The lowest BCUT2D eigenvalue weighted by Crippen LogP contribution is -2.49. The Bertz CT molecular complexity index is 1660. The van der Waals surface area contributed by atoms with Crippen LogP contribution >= 0.6 is 0 Å². The Hall–Kier alpha value is -4.44. The van der Waals surface area contributed by atoms with E-state index >= 15 is 0 Å². The smallest absolute Gasteiger partial charge is 0.272 e. The standard InChI is InChI=1S/C35H41N7O3/c1-3-33(44)39-19-17-38(18-20-39)31-21-28(35(45)42-14-6-10-26(42)22-41-16-13-32(43)37-41)36-29-23-40(15-12-27(29)31)30-11-5-9-25-8-4-7-24(2)34(25)30/h3-5,7-9,11,21,26H,1,6,10,12-20,22-23H2,2H3,(H,37,43)/t26-/m1/s1. The highest BCUT2D eigenvalue weighted by atomic mass is 16.2. The van der Waals surface area contributed by atoms with Gasteiger partial charge >= 0.3 is 0 Å². The van der Waals surface area contributed by atoms with Crippen molar-refractivity contribution in [3.05, 3.63) is 77.6 Å². The molecule has 10 nitrogen and oxygen atoms in total. The van der Waals surface area contributed by atoms with Gasteiger partial charge in [-0.15, -0.1) is 0 Å². The quantitative estimate of drug-likeness (QED) is 0.430. The SMILES string of the molecule is C=CC(=O)N1CCN(c2cc(C(=O)N3CCC[C@@H]3CN3CCC(=O)N3)nc3c2CCN(c2cccc4cccc(C)c24)C3)CC1. The van der Waals surface area contributed by atoms with Crippen molar-refractivity contribution in [2.45, 2.75) is 45.2 Å². The van der Waals surface area contributed by atoms with Crippen LogP contribution < -0.4 is 15.2 Å². The van der Waals surface area contributed by atoms with Crippen LogP contribution in [-0.4, -0.2) is 95.9 Å². The van der Waals surface area contributed by atoms with Gasteiger partial charge in [-0.2, -0.15) is 0 Å². The zero-order valence-electron chi connectivity index (χ0n) is 26.0. The molecule has 4 aliphatic rings. The molecule has 7 rings (SSSR count). The molecule has 1 atom stereocenters. The number of amides is 3. The van der Waals surface area contributed by atoms with Crippen LogP contribution in [-0.2, 0) is 22.6 Å². The number of hydrogen-bond donors (Lipinski definition) is 1. The third-order valence-corrected chi connectivity index (χ3v) is 9.88. The number of aryl methyl sites for hydroxylation is 1. The summed E-state index contributed by atoms with van der Waals surface area (Å²) in [6.07, 6.45) is 4.53. The van der Waals surface area contributed by atoms with Gasteiger partial charge in [-0.25, -0.2) is 9.99 Å². The molecule has 3 aromatic rings. The first-order chi connectivity index (χ1) is 21.9. The van der Waals surface area contributed by atoms with Crippen molar-refractivity contribution in [1.82, 2.24) is 25.2 Å². The molecule has 2 aromatic carbocycles. The second kappa shape index (κ2) is 12.2. The molecular weight excluding hydrogens is 566 g/mol. The minimum atomic E-state index is -0.0503. The van der Waals surface area contributed by atoms with Gasteiger partial charge in [0.05, 0.1) is 12.2 Å². The molecule has 234 valence electrons. The van der Waals surface area contributed by atoms with E-state index in [9.17, 15) is 14.4 Å². The maximum Gasteiger partial charge on any atom is 0.272 e. The van der Waals surface area contributed by atoms with Gasteiger partial charge in [0.15, 0.2) is 0 Å². The number of likely N-dealkylation sites (tertiary alicyclic amines) is 1. The van der Waals surface area contributed by atoms with Crippen LogP contribution in [0.4, 0.5) is 11.4 Å². The topological polar surface area (TPSA) is 92.3 Å². The first-order valence-corrected chi connectivity index (χ1v) is 16.2. The van der Waals surface area contributed by atoms with Crippen molar-refractivity contribution >= 4 is 39.9 Å². The van der Waals surface area contributed by atoms with Gasteiger partial charge in [0.1, 0.15) is 5.69 Å². The molecule has 5 heterocycles. The lowest BCUT2D eigenvalue weighted by atomic mass is 9.97. The molecule has 0 unspecified atom stereocenters. The predicted octanol–water partition coefficient (Wildman–Crippen LogP) is 3.28. The number of hydrazine groups is 1. The van der Waals surface area contributed by atoms with Crippen LogP contribution in [0.2, 0.25) is 0 Å². The van der Waals surface area contributed by atoms with E-state index in [4.69, 9.17) is 4.98 Å². The molecular formula is C35H41N7O3. The van der Waals surface area contributed by atoms with E-state index in [1.54, 1.807) is 0 Å². The van der Waals surface area contributed by atoms with Gasteiger partial charge in [-0.3, -0.25) is 19.8 Å². The number of hydrogen-bond acceptors (Lipinski definition) is 7. The van der Waals surface area contributed by atoms with Crippen LogP contribution in [0.5, 0.6) is 0 Å². The van der Waals surface area contributed by atoms with E-state index in [-0.39, 0.29) is 23.8 Å². The van der Waals surface area contributed by atoms with Crippen molar-refractivity contribution < 1.29 is 14.4 Å². The Balaban J connectivity index is 1.22. The van der Waals surface area contributed by atoms with Crippen LogP contribution in [0.25, 0.3) is 10.8 Å². The first-order valence-electron chi connectivity index (χ1n) is 16.2. The fourth-order valence-corrected chi connectivity index (χ4v) is 7.54. The zero-order chi connectivity index (χ0) is 31.1. The average Bonchev–Trinajstić information content (AvgIpc) is 3.71. The lowest BCUT2D eigenvalue weighted by molar-refractivity contribution is -0.126. The van der Waals surface area contributed by atoms with Gasteiger partial charge in [0.25, 0.3) is 5.91 Å². The zero-order valence-corrected chi connectivity index (χ0v) is 26.0. The van der Waals surface area contributed by atoms with Crippen molar-refractivity contribution in [2.75, 3.05) is 62.2 Å². The number of pyridine rings is 1. The van der Waals surface area contributed by atoms with E-state index in [0.717, 1.165) is 37.2 Å². The summed E-state index contributed by atoms with van der Waals surface area (Å²) in [5.41, 5.74) is 9.03. The minimum Gasteiger partial charge on any atom is -0.368 e. The van der Waals surface area contributed by atoms with Crippen LogP contribution in [0, 0.1) is 6.92 Å². The fraction of sp³-hybridized carbons (Fsp3) is 0.429. The van der Waals surface area contributed by atoms with Gasteiger partial charge in [-0.05, 0) is 55.3 Å². The second-order valence-corrected chi connectivity index (χ2v) is 12.6. The molecule has 0 aliphatic carbocycles. The van der Waals surface area contributed by atoms with Gasteiger partial charge in [0.2, 0.25) is 11.8 Å². The maximum atomic E-state index is 14.2. The molecule has 0 bridgehead atoms. The molecule has 3 fully saturated rings. The summed E-state index contributed by atoms with van der Waals surface area (Å²) in [4.78, 5) is 51.9. The summed E-state index contributed by atoms with van der Waals surface area (Å²) in [6.45, 7) is 11.9. The molecule has 1 aromatic heterocycles. The van der Waals surface area contributed by atoms with E-state index in [1.807, 2.05) is 20.9 Å². The number of rotatable bonds is 6. The average molecular weight is 608 g/mol. The largest absolute Gasteiger partial charge is 0.368 e. The third-order valence-electron chi connectivity index (χ3n) is 9.88. The number of benzene rings is 2. The Kier molecular flexibility index (Phi) is 7.91. The van der Waals surface area contributed by atoms with Crippen molar-refractivity contribution in [1.29, 1.82) is 0 Å². The number of piperazine rings is 1. The molecule has 3 amide bonds. The Morgan fingerprint density at radius 2 is 1.78 bits per heavy atom. The lowest BCUT2D eigenvalue weighted by Gasteiger charge is -2.39. The number of anilines is 2. The van der Waals surface area contributed by atoms with Gasteiger partial charge in [0, 0.05) is 87.1 Å². The molecule has 3 saturated heterocycles. The molecule has 0 radical (unpaired) electrons. The molecule has 0 spiro atoms. The second-order valence-electron chi connectivity index (χ2n) is 12.6. The number of nitrogens with zero attached hydrogens (tertiary/aromatic N) is 6. The number of carbonyl (C=O) groups excluding carboxylic acids is 3.